The molecule has 0 amide bonds. The summed E-state index contributed by atoms with van der Waals surface area (Å²) >= 11 is 0. The molecule has 0 atom stereocenters. The Kier molecular flexibility index (Phi) is 7.32. The first kappa shape index (κ1) is 25.6. The summed E-state index contributed by atoms with van der Waals surface area (Å²) in [7, 11) is 0. The van der Waals surface area contributed by atoms with Crippen LogP contribution in [0, 0.1) is 0 Å². The highest BCUT2D eigenvalue weighted by Gasteiger charge is 2.26. The van der Waals surface area contributed by atoms with Crippen molar-refractivity contribution < 1.29 is 4.79 Å². The van der Waals surface area contributed by atoms with Gasteiger partial charge in [-0.3, -0.25) is 4.79 Å². The molecule has 0 radical (unpaired) electrons. The van der Waals surface area contributed by atoms with E-state index in [0.717, 1.165) is 33.2 Å². The molecule has 0 saturated carbocycles. The minimum absolute atomic E-state index is 0.0274. The summed E-state index contributed by atoms with van der Waals surface area (Å²) in [6.45, 7) is 17.7. The Morgan fingerprint density at radius 3 is 1.79 bits per heavy atom. The summed E-state index contributed by atoms with van der Waals surface area (Å²) in [5.74, 6) is 1.40. The number of anilines is 4. The van der Waals surface area contributed by atoms with Crippen LogP contribution in [0.4, 0.5) is 23.5 Å². The average molecular weight is 515 g/mol. The number of hydrogen-bond donors (Lipinski definition) is 1. The molecular weight excluding hydrogens is 484 g/mol. The van der Waals surface area contributed by atoms with Crippen LogP contribution in [-0.4, -0.2) is 46.9 Å². The molecule has 1 aliphatic carbocycles. The molecule has 5 rings (SSSR count). The van der Waals surface area contributed by atoms with E-state index in [4.69, 9.17) is 15.0 Å². The molecule has 3 aromatic carbocycles. The first-order valence-electron chi connectivity index (χ1n) is 12.8. The van der Waals surface area contributed by atoms with Crippen molar-refractivity contribution in [2.75, 3.05) is 41.3 Å². The Hall–Kier alpha value is -5.04. The van der Waals surface area contributed by atoms with Gasteiger partial charge in [0.2, 0.25) is 17.8 Å². The summed E-state index contributed by atoms with van der Waals surface area (Å²) in [5, 5.41) is 5.25. The molecule has 7 nitrogen and oxygen atoms in total. The SMILES string of the molecule is C=CCN(CC=C)c1nc(Nc2ccc3c4c(cccc24)C(=O)c2ccccc2-3)nc(N(CC=C)CC=C)n1. The molecule has 1 heterocycles. The predicted octanol–water partition coefficient (Wildman–Crippen LogP) is 6.34. The van der Waals surface area contributed by atoms with Crippen LogP contribution in [0.2, 0.25) is 0 Å². The zero-order valence-electron chi connectivity index (χ0n) is 21.8. The number of benzene rings is 3. The van der Waals surface area contributed by atoms with Gasteiger partial charge in [0.15, 0.2) is 5.78 Å². The molecule has 0 aliphatic heterocycles. The maximum atomic E-state index is 13.4. The van der Waals surface area contributed by atoms with Crippen molar-refractivity contribution in [3.63, 3.8) is 0 Å². The van der Waals surface area contributed by atoms with Gasteiger partial charge in [-0.25, -0.2) is 0 Å². The average Bonchev–Trinajstić information content (AvgIpc) is 2.96. The van der Waals surface area contributed by atoms with Gasteiger partial charge >= 0.3 is 0 Å². The van der Waals surface area contributed by atoms with Crippen LogP contribution in [0.15, 0.2) is 105 Å². The largest absolute Gasteiger partial charge is 0.333 e. The van der Waals surface area contributed by atoms with Crippen LogP contribution in [0.25, 0.3) is 21.9 Å². The van der Waals surface area contributed by atoms with Crippen LogP contribution >= 0.6 is 0 Å². The Morgan fingerprint density at radius 1 is 0.641 bits per heavy atom. The quantitative estimate of drug-likeness (QED) is 0.195. The van der Waals surface area contributed by atoms with Gasteiger partial charge in [-0.1, -0.05) is 72.8 Å². The van der Waals surface area contributed by atoms with Crippen molar-refractivity contribution in [2.45, 2.75) is 0 Å². The number of rotatable bonds is 12. The minimum atomic E-state index is 0.0274. The maximum absolute atomic E-state index is 13.4. The Bertz CT molecular complexity index is 1550. The molecule has 0 bridgehead atoms. The molecule has 0 unspecified atom stereocenters. The van der Waals surface area contributed by atoms with E-state index in [0.29, 0.717) is 49.6 Å². The van der Waals surface area contributed by atoms with Gasteiger partial charge in [-0.05, 0) is 17.2 Å². The first-order valence-corrected chi connectivity index (χ1v) is 12.8. The highest BCUT2D eigenvalue weighted by molar-refractivity contribution is 6.27. The zero-order chi connectivity index (χ0) is 27.4. The van der Waals surface area contributed by atoms with Crippen molar-refractivity contribution in [1.29, 1.82) is 0 Å². The number of aromatic nitrogens is 3. The number of nitrogens with zero attached hydrogens (tertiary/aromatic N) is 5. The summed E-state index contributed by atoms with van der Waals surface area (Å²) in [5.41, 5.74) is 4.18. The molecule has 4 aromatic rings. The smallest absolute Gasteiger partial charge is 0.233 e. The molecule has 0 spiro atoms. The molecule has 1 aliphatic rings. The lowest BCUT2D eigenvalue weighted by molar-refractivity contribution is 0.104. The monoisotopic (exact) mass is 514 g/mol. The van der Waals surface area contributed by atoms with E-state index in [1.165, 1.54) is 0 Å². The van der Waals surface area contributed by atoms with E-state index in [9.17, 15) is 4.79 Å². The van der Waals surface area contributed by atoms with Crippen LogP contribution in [0.3, 0.4) is 0 Å². The molecule has 1 aromatic heterocycles. The second-order valence-electron chi connectivity index (χ2n) is 9.11. The van der Waals surface area contributed by atoms with Crippen molar-refractivity contribution in [1.82, 2.24) is 15.0 Å². The van der Waals surface area contributed by atoms with Crippen LogP contribution in [0.5, 0.6) is 0 Å². The number of fused-ring (bicyclic) bond motifs is 2. The number of carbonyl (C=O) groups excluding carboxylic acids is 1. The lowest BCUT2D eigenvalue weighted by atomic mass is 9.82. The van der Waals surface area contributed by atoms with Crippen molar-refractivity contribution in [3.8, 4) is 11.1 Å². The van der Waals surface area contributed by atoms with E-state index >= 15 is 0 Å². The Balaban J connectivity index is 1.64. The van der Waals surface area contributed by atoms with Gasteiger partial charge in [-0.2, -0.15) is 15.0 Å². The predicted molar refractivity (Wildman–Crippen MR) is 161 cm³/mol. The molecule has 0 fully saturated rings. The fourth-order valence-corrected chi connectivity index (χ4v) is 4.90. The minimum Gasteiger partial charge on any atom is -0.333 e. The highest BCUT2D eigenvalue weighted by Crippen LogP contribution is 2.42. The zero-order valence-corrected chi connectivity index (χ0v) is 21.8. The van der Waals surface area contributed by atoms with Crippen molar-refractivity contribution in [2.24, 2.45) is 0 Å². The van der Waals surface area contributed by atoms with E-state index in [1.807, 2.05) is 64.4 Å². The lowest BCUT2D eigenvalue weighted by Gasteiger charge is -2.24. The van der Waals surface area contributed by atoms with Gasteiger partial charge in [0, 0.05) is 53.8 Å². The second-order valence-corrected chi connectivity index (χ2v) is 9.11. The maximum Gasteiger partial charge on any atom is 0.233 e. The molecule has 0 saturated heterocycles. The van der Waals surface area contributed by atoms with E-state index in [1.54, 1.807) is 24.3 Å². The van der Waals surface area contributed by atoms with Gasteiger partial charge in [0.05, 0.1) is 0 Å². The topological polar surface area (TPSA) is 74.2 Å². The highest BCUT2D eigenvalue weighted by atomic mass is 16.1. The number of ketones is 1. The van der Waals surface area contributed by atoms with E-state index in [-0.39, 0.29) is 5.78 Å². The van der Waals surface area contributed by atoms with E-state index < -0.39 is 0 Å². The fraction of sp³-hybridized carbons (Fsp3) is 0.125. The molecule has 7 heteroatoms. The number of hydrogen-bond acceptors (Lipinski definition) is 7. The van der Waals surface area contributed by atoms with Crippen LogP contribution in [0.1, 0.15) is 15.9 Å². The summed E-state index contributed by atoms with van der Waals surface area (Å²) in [6, 6.07) is 17.6. The second kappa shape index (κ2) is 11.1. The third-order valence-corrected chi connectivity index (χ3v) is 6.57. The molecule has 194 valence electrons. The van der Waals surface area contributed by atoms with Crippen molar-refractivity contribution >= 4 is 40.1 Å². The lowest BCUT2D eigenvalue weighted by Crippen LogP contribution is -2.30. The number of carbonyl (C=O) groups is 1. The molecule has 1 N–H and O–H groups in total. The van der Waals surface area contributed by atoms with E-state index in [2.05, 4.69) is 31.6 Å². The van der Waals surface area contributed by atoms with Crippen molar-refractivity contribution in [3.05, 3.63) is 116 Å². The molecular formula is C32H30N6O. The third kappa shape index (κ3) is 4.82. The standard InChI is InChI=1S/C32H30N6O/c1-5-18-37(19-6-2)31-34-30(35-32(36-31)38(20-7-3)21-8-4)33-27-17-16-23-22-12-9-10-13-24(22)29(39)26-15-11-14-25(27)28(23)26/h5-17H,1-4,18-21H2,(H,33,34,35,36). The normalized spacial score (nSPS) is 11.4. The van der Waals surface area contributed by atoms with Gasteiger partial charge < -0.3 is 15.1 Å². The fourth-order valence-electron chi connectivity index (χ4n) is 4.90. The summed E-state index contributed by atoms with van der Waals surface area (Å²) in [4.78, 5) is 31.5. The molecule has 39 heavy (non-hydrogen) atoms. The third-order valence-electron chi connectivity index (χ3n) is 6.57. The summed E-state index contributed by atoms with van der Waals surface area (Å²) in [6.07, 6.45) is 7.19. The van der Waals surface area contributed by atoms with Gasteiger partial charge in [-0.15, -0.1) is 26.3 Å². The Morgan fingerprint density at radius 2 is 1.21 bits per heavy atom. The Labute approximate surface area is 228 Å². The van der Waals surface area contributed by atoms with Gasteiger partial charge in [0.1, 0.15) is 0 Å². The van der Waals surface area contributed by atoms with Crippen LogP contribution < -0.4 is 15.1 Å². The van der Waals surface area contributed by atoms with Crippen LogP contribution in [-0.2, 0) is 0 Å². The first-order chi connectivity index (χ1) is 19.1. The van der Waals surface area contributed by atoms with Gasteiger partial charge in [0.25, 0.3) is 0 Å². The summed E-state index contributed by atoms with van der Waals surface area (Å²) < 4.78 is 0. The number of nitrogens with one attached hydrogen (secondary N) is 1.